The monoisotopic (exact) mass is 242 g/mol. The van der Waals surface area contributed by atoms with Crippen molar-refractivity contribution in [3.05, 3.63) is 48.0 Å². The number of carbonyl (C=O) groups excluding carboxylic acids is 1. The number of aryl methyl sites for hydroxylation is 1. The molecule has 0 radical (unpaired) electrons. The van der Waals surface area contributed by atoms with Crippen molar-refractivity contribution in [2.45, 2.75) is 13.8 Å². The molecule has 3 nitrogen and oxygen atoms in total. The number of hydrogen-bond donors (Lipinski definition) is 1. The highest BCUT2D eigenvalue weighted by Crippen LogP contribution is 2.34. The highest BCUT2D eigenvalue weighted by molar-refractivity contribution is 5.75. The predicted octanol–water partition coefficient (Wildman–Crippen LogP) is 3.29. The summed E-state index contributed by atoms with van der Waals surface area (Å²) in [5.41, 5.74) is 2.46. The van der Waals surface area contributed by atoms with Gasteiger partial charge in [0.2, 0.25) is 0 Å². The van der Waals surface area contributed by atoms with Gasteiger partial charge in [-0.1, -0.05) is 30.3 Å². The Hall–Kier alpha value is -2.29. The first-order chi connectivity index (χ1) is 8.58. The number of phenols is 1. The molecule has 0 amide bonds. The number of phenolic OH excluding ortho intramolecular Hbond substituents is 1. The number of aromatic hydroxyl groups is 1. The van der Waals surface area contributed by atoms with Crippen LogP contribution in [0.3, 0.4) is 0 Å². The Balaban J connectivity index is 2.46. The lowest BCUT2D eigenvalue weighted by Crippen LogP contribution is -2.02. The largest absolute Gasteiger partial charge is 0.507 e. The number of esters is 1. The molecule has 0 saturated heterocycles. The Morgan fingerprint density at radius 3 is 2.44 bits per heavy atom. The average molecular weight is 242 g/mol. The maximum absolute atomic E-state index is 10.9. The van der Waals surface area contributed by atoms with E-state index >= 15 is 0 Å². The molecule has 3 heteroatoms. The lowest BCUT2D eigenvalue weighted by Gasteiger charge is -2.10. The third kappa shape index (κ3) is 2.51. The lowest BCUT2D eigenvalue weighted by molar-refractivity contribution is -0.131. The maximum Gasteiger partial charge on any atom is 0.308 e. The standard InChI is InChI=1S/C15H14O3/c1-10-8-13(12-6-4-3-5-7-12)14(17)9-15(10)18-11(2)16/h3-9,17H,1-2H3. The van der Waals surface area contributed by atoms with Gasteiger partial charge < -0.3 is 9.84 Å². The Bertz CT molecular complexity index is 574. The van der Waals surface area contributed by atoms with Crippen LogP contribution in [0.5, 0.6) is 11.5 Å². The molecular weight excluding hydrogens is 228 g/mol. The van der Waals surface area contributed by atoms with E-state index in [1.807, 2.05) is 43.3 Å². The quantitative estimate of drug-likeness (QED) is 0.649. The molecule has 0 fully saturated rings. The van der Waals surface area contributed by atoms with Crippen LogP contribution in [0, 0.1) is 6.92 Å². The number of ether oxygens (including phenoxy) is 1. The van der Waals surface area contributed by atoms with E-state index in [9.17, 15) is 9.90 Å². The summed E-state index contributed by atoms with van der Waals surface area (Å²) in [6.07, 6.45) is 0. The van der Waals surface area contributed by atoms with Gasteiger partial charge in [0, 0.05) is 18.6 Å². The van der Waals surface area contributed by atoms with Gasteiger partial charge in [0.25, 0.3) is 0 Å². The molecule has 2 rings (SSSR count). The molecule has 18 heavy (non-hydrogen) atoms. The molecule has 0 unspecified atom stereocenters. The Kier molecular flexibility index (Phi) is 3.33. The van der Waals surface area contributed by atoms with Crippen LogP contribution in [0.1, 0.15) is 12.5 Å². The van der Waals surface area contributed by atoms with E-state index in [0.717, 1.165) is 16.7 Å². The first-order valence-electron chi connectivity index (χ1n) is 5.65. The summed E-state index contributed by atoms with van der Waals surface area (Å²) in [5.74, 6) is 0.0905. The molecule has 0 aromatic heterocycles. The Morgan fingerprint density at radius 2 is 1.83 bits per heavy atom. The van der Waals surface area contributed by atoms with Crippen molar-refractivity contribution in [3.8, 4) is 22.6 Å². The van der Waals surface area contributed by atoms with E-state index in [4.69, 9.17) is 4.74 Å². The van der Waals surface area contributed by atoms with Crippen molar-refractivity contribution in [3.63, 3.8) is 0 Å². The molecule has 2 aromatic rings. The van der Waals surface area contributed by atoms with Gasteiger partial charge in [0.05, 0.1) is 0 Å². The van der Waals surface area contributed by atoms with Crippen LogP contribution in [0.4, 0.5) is 0 Å². The van der Waals surface area contributed by atoms with Crippen molar-refractivity contribution in [1.82, 2.24) is 0 Å². The van der Waals surface area contributed by atoms with Gasteiger partial charge in [0.15, 0.2) is 0 Å². The number of hydrogen-bond acceptors (Lipinski definition) is 3. The van der Waals surface area contributed by atoms with Crippen LogP contribution in [0.25, 0.3) is 11.1 Å². The van der Waals surface area contributed by atoms with Gasteiger partial charge in [-0.25, -0.2) is 0 Å². The summed E-state index contributed by atoms with van der Waals surface area (Å²) in [7, 11) is 0. The van der Waals surface area contributed by atoms with E-state index in [1.54, 1.807) is 0 Å². The molecule has 0 saturated carbocycles. The number of benzene rings is 2. The second kappa shape index (κ2) is 4.92. The average Bonchev–Trinajstić information content (AvgIpc) is 2.34. The van der Waals surface area contributed by atoms with Crippen molar-refractivity contribution in [2.75, 3.05) is 0 Å². The van der Waals surface area contributed by atoms with Crippen LogP contribution in [0.2, 0.25) is 0 Å². The van der Waals surface area contributed by atoms with Gasteiger partial charge in [-0.15, -0.1) is 0 Å². The van der Waals surface area contributed by atoms with Crippen molar-refractivity contribution in [2.24, 2.45) is 0 Å². The zero-order valence-electron chi connectivity index (χ0n) is 10.3. The van der Waals surface area contributed by atoms with Crippen LogP contribution in [-0.4, -0.2) is 11.1 Å². The second-order valence-electron chi connectivity index (χ2n) is 4.09. The summed E-state index contributed by atoms with van der Waals surface area (Å²) in [6, 6.07) is 12.8. The summed E-state index contributed by atoms with van der Waals surface area (Å²) >= 11 is 0. The molecular formula is C15H14O3. The Labute approximate surface area is 106 Å². The van der Waals surface area contributed by atoms with Gasteiger partial charge in [0.1, 0.15) is 11.5 Å². The predicted molar refractivity (Wildman–Crippen MR) is 69.6 cm³/mol. The summed E-state index contributed by atoms with van der Waals surface area (Å²) in [4.78, 5) is 10.9. The minimum atomic E-state index is -0.398. The molecule has 0 heterocycles. The first-order valence-corrected chi connectivity index (χ1v) is 5.65. The van der Waals surface area contributed by atoms with E-state index in [2.05, 4.69) is 0 Å². The molecule has 0 spiro atoms. The van der Waals surface area contributed by atoms with Crippen LogP contribution in [0.15, 0.2) is 42.5 Å². The van der Waals surface area contributed by atoms with Gasteiger partial charge in [-0.3, -0.25) is 4.79 Å². The zero-order chi connectivity index (χ0) is 13.1. The van der Waals surface area contributed by atoms with Crippen LogP contribution in [-0.2, 0) is 4.79 Å². The summed E-state index contributed by atoms with van der Waals surface area (Å²) < 4.78 is 5.02. The molecule has 2 aromatic carbocycles. The third-order valence-corrected chi connectivity index (χ3v) is 2.63. The molecule has 0 aliphatic heterocycles. The van der Waals surface area contributed by atoms with Crippen molar-refractivity contribution >= 4 is 5.97 Å². The van der Waals surface area contributed by atoms with Crippen LogP contribution < -0.4 is 4.74 Å². The molecule has 1 N–H and O–H groups in total. The fraction of sp³-hybridized carbons (Fsp3) is 0.133. The van der Waals surface area contributed by atoms with E-state index < -0.39 is 5.97 Å². The van der Waals surface area contributed by atoms with Crippen molar-refractivity contribution in [1.29, 1.82) is 0 Å². The van der Waals surface area contributed by atoms with Crippen molar-refractivity contribution < 1.29 is 14.6 Å². The highest BCUT2D eigenvalue weighted by atomic mass is 16.5. The highest BCUT2D eigenvalue weighted by Gasteiger charge is 2.10. The van der Waals surface area contributed by atoms with Crippen LogP contribution >= 0.6 is 0 Å². The summed E-state index contributed by atoms with van der Waals surface area (Å²) in [6.45, 7) is 3.17. The molecule has 0 bridgehead atoms. The molecule has 0 aliphatic carbocycles. The van der Waals surface area contributed by atoms with E-state index in [0.29, 0.717) is 5.75 Å². The molecule has 0 aliphatic rings. The minimum absolute atomic E-state index is 0.100. The fourth-order valence-electron chi connectivity index (χ4n) is 1.79. The van der Waals surface area contributed by atoms with Gasteiger partial charge in [-0.05, 0) is 24.1 Å². The topological polar surface area (TPSA) is 46.5 Å². The molecule has 0 atom stereocenters. The first kappa shape index (κ1) is 12.2. The third-order valence-electron chi connectivity index (χ3n) is 2.63. The van der Waals surface area contributed by atoms with Gasteiger partial charge >= 0.3 is 5.97 Å². The summed E-state index contributed by atoms with van der Waals surface area (Å²) in [5, 5.41) is 9.99. The smallest absolute Gasteiger partial charge is 0.308 e. The Morgan fingerprint density at radius 1 is 1.17 bits per heavy atom. The second-order valence-corrected chi connectivity index (χ2v) is 4.09. The lowest BCUT2D eigenvalue weighted by atomic mass is 10.0. The van der Waals surface area contributed by atoms with E-state index in [1.165, 1.54) is 13.0 Å². The fourth-order valence-corrected chi connectivity index (χ4v) is 1.79. The number of carbonyl (C=O) groups is 1. The molecule has 92 valence electrons. The zero-order valence-corrected chi connectivity index (χ0v) is 10.3. The van der Waals surface area contributed by atoms with Gasteiger partial charge in [-0.2, -0.15) is 0 Å². The normalized spacial score (nSPS) is 10.1. The number of rotatable bonds is 2. The minimum Gasteiger partial charge on any atom is -0.507 e. The van der Waals surface area contributed by atoms with E-state index in [-0.39, 0.29) is 5.75 Å². The SMILES string of the molecule is CC(=O)Oc1cc(O)c(-c2ccccc2)cc1C. The maximum atomic E-state index is 10.9.